The van der Waals surface area contributed by atoms with Gasteiger partial charge in [-0.15, -0.1) is 0 Å². The van der Waals surface area contributed by atoms with Crippen LogP contribution in [-0.4, -0.2) is 43.8 Å². The lowest BCUT2D eigenvalue weighted by Crippen LogP contribution is -2.53. The molecule has 1 heterocycles. The third kappa shape index (κ3) is 4.95. The number of hydrogen-bond acceptors (Lipinski definition) is 3. The van der Waals surface area contributed by atoms with Crippen LogP contribution >= 0.6 is 0 Å². The van der Waals surface area contributed by atoms with Crippen LogP contribution in [0.2, 0.25) is 0 Å². The third-order valence-electron chi connectivity index (χ3n) is 4.08. The minimum Gasteiger partial charge on any atom is -0.376 e. The van der Waals surface area contributed by atoms with Gasteiger partial charge in [0.15, 0.2) is 0 Å². The summed E-state index contributed by atoms with van der Waals surface area (Å²) in [5.74, 6) is 0. The minimum absolute atomic E-state index is 0.426. The summed E-state index contributed by atoms with van der Waals surface area (Å²) in [6.45, 7) is 12.7. The highest BCUT2D eigenvalue weighted by atomic mass is 16.5. The molecular weight excluding hydrogens is 260 g/mol. The SMILES string of the molecule is C=C(C)COCCN1CC(c2ccccc2)NCC1CC. The Balaban J connectivity index is 1.88. The van der Waals surface area contributed by atoms with Crippen molar-refractivity contribution < 1.29 is 4.74 Å². The van der Waals surface area contributed by atoms with Gasteiger partial charge in [0.05, 0.1) is 13.2 Å². The molecule has 116 valence electrons. The van der Waals surface area contributed by atoms with Crippen LogP contribution in [0.4, 0.5) is 0 Å². The topological polar surface area (TPSA) is 24.5 Å². The van der Waals surface area contributed by atoms with Crippen LogP contribution in [0.3, 0.4) is 0 Å². The Morgan fingerprint density at radius 3 is 2.81 bits per heavy atom. The first-order valence-corrected chi connectivity index (χ1v) is 7.95. The number of ether oxygens (including phenoxy) is 1. The molecule has 1 fully saturated rings. The fourth-order valence-corrected chi connectivity index (χ4v) is 2.87. The van der Waals surface area contributed by atoms with Crippen LogP contribution in [0.25, 0.3) is 0 Å². The first-order valence-electron chi connectivity index (χ1n) is 7.95. The third-order valence-corrected chi connectivity index (χ3v) is 4.08. The predicted molar refractivity (Wildman–Crippen MR) is 88.5 cm³/mol. The van der Waals surface area contributed by atoms with Crippen molar-refractivity contribution >= 4 is 0 Å². The van der Waals surface area contributed by atoms with Crippen LogP contribution in [0, 0.1) is 0 Å². The van der Waals surface area contributed by atoms with Crippen molar-refractivity contribution in [2.24, 2.45) is 0 Å². The summed E-state index contributed by atoms with van der Waals surface area (Å²) in [6, 6.07) is 11.8. The zero-order chi connectivity index (χ0) is 15.1. The maximum atomic E-state index is 5.67. The van der Waals surface area contributed by atoms with Gasteiger partial charge in [0.25, 0.3) is 0 Å². The standard InChI is InChI=1S/C18H28N2O/c1-4-17-12-19-18(16-8-6-5-7-9-16)13-20(17)10-11-21-14-15(2)3/h5-9,17-19H,2,4,10-14H2,1,3H3. The van der Waals surface area contributed by atoms with Crippen LogP contribution in [-0.2, 0) is 4.74 Å². The van der Waals surface area contributed by atoms with E-state index in [1.165, 1.54) is 12.0 Å². The lowest BCUT2D eigenvalue weighted by Gasteiger charge is -2.40. The van der Waals surface area contributed by atoms with Gasteiger partial charge in [0.2, 0.25) is 0 Å². The molecule has 0 saturated carbocycles. The molecule has 1 aromatic rings. The zero-order valence-corrected chi connectivity index (χ0v) is 13.3. The highest BCUT2D eigenvalue weighted by molar-refractivity contribution is 5.20. The predicted octanol–water partition coefficient (Wildman–Crippen LogP) is 3.00. The Morgan fingerprint density at radius 2 is 2.14 bits per heavy atom. The molecule has 0 radical (unpaired) electrons. The Kier molecular flexibility index (Phi) is 6.43. The van der Waals surface area contributed by atoms with Crippen molar-refractivity contribution in [2.45, 2.75) is 32.4 Å². The average molecular weight is 288 g/mol. The molecule has 0 amide bonds. The van der Waals surface area contributed by atoms with Crippen molar-refractivity contribution in [1.82, 2.24) is 10.2 Å². The summed E-state index contributed by atoms with van der Waals surface area (Å²) in [7, 11) is 0. The summed E-state index contributed by atoms with van der Waals surface area (Å²) in [5, 5.41) is 3.68. The Bertz CT molecular complexity index is 432. The largest absolute Gasteiger partial charge is 0.376 e. The molecule has 3 nitrogen and oxygen atoms in total. The second-order valence-corrected chi connectivity index (χ2v) is 5.94. The second-order valence-electron chi connectivity index (χ2n) is 5.94. The van der Waals surface area contributed by atoms with Gasteiger partial charge < -0.3 is 10.1 Å². The molecular formula is C18H28N2O. The van der Waals surface area contributed by atoms with E-state index in [9.17, 15) is 0 Å². The Hall–Kier alpha value is -1.16. The van der Waals surface area contributed by atoms with Gasteiger partial charge in [-0.3, -0.25) is 4.90 Å². The smallest absolute Gasteiger partial charge is 0.0672 e. The Morgan fingerprint density at radius 1 is 1.38 bits per heavy atom. The van der Waals surface area contributed by atoms with E-state index in [4.69, 9.17) is 4.74 Å². The molecule has 21 heavy (non-hydrogen) atoms. The molecule has 1 aliphatic heterocycles. The van der Waals surface area contributed by atoms with Gasteiger partial charge in [-0.05, 0) is 18.9 Å². The summed E-state index contributed by atoms with van der Waals surface area (Å²) < 4.78 is 5.67. The van der Waals surface area contributed by atoms with Crippen molar-refractivity contribution in [3.05, 3.63) is 48.0 Å². The van der Waals surface area contributed by atoms with Gasteiger partial charge in [0, 0.05) is 31.7 Å². The molecule has 1 aromatic carbocycles. The molecule has 0 spiro atoms. The maximum absolute atomic E-state index is 5.67. The highest BCUT2D eigenvalue weighted by Crippen LogP contribution is 2.20. The molecule has 2 atom stereocenters. The van der Waals surface area contributed by atoms with Crippen LogP contribution in [0.1, 0.15) is 31.9 Å². The van der Waals surface area contributed by atoms with E-state index in [1.807, 2.05) is 6.92 Å². The van der Waals surface area contributed by atoms with Gasteiger partial charge in [-0.25, -0.2) is 0 Å². The van der Waals surface area contributed by atoms with Crippen molar-refractivity contribution in [3.8, 4) is 0 Å². The van der Waals surface area contributed by atoms with Gasteiger partial charge in [-0.2, -0.15) is 0 Å². The van der Waals surface area contributed by atoms with Crippen molar-refractivity contribution in [2.75, 3.05) is 32.8 Å². The first-order chi connectivity index (χ1) is 10.2. The summed E-state index contributed by atoms with van der Waals surface area (Å²) in [5.41, 5.74) is 2.46. The zero-order valence-electron chi connectivity index (χ0n) is 13.3. The molecule has 0 aromatic heterocycles. The van der Waals surface area contributed by atoms with Crippen molar-refractivity contribution in [1.29, 1.82) is 0 Å². The fourth-order valence-electron chi connectivity index (χ4n) is 2.87. The van der Waals surface area contributed by atoms with E-state index in [0.717, 1.165) is 31.8 Å². The van der Waals surface area contributed by atoms with Crippen LogP contribution < -0.4 is 5.32 Å². The van der Waals surface area contributed by atoms with Crippen LogP contribution in [0.5, 0.6) is 0 Å². The van der Waals surface area contributed by atoms with Gasteiger partial charge in [0.1, 0.15) is 0 Å². The number of benzene rings is 1. The number of nitrogens with one attached hydrogen (secondary N) is 1. The number of hydrogen-bond donors (Lipinski definition) is 1. The van der Waals surface area contributed by atoms with E-state index in [0.29, 0.717) is 18.7 Å². The van der Waals surface area contributed by atoms with E-state index < -0.39 is 0 Å². The molecule has 0 aliphatic carbocycles. The molecule has 1 N–H and O–H groups in total. The fraction of sp³-hybridized carbons (Fsp3) is 0.556. The summed E-state index contributed by atoms with van der Waals surface area (Å²) in [6.07, 6.45) is 1.18. The first kappa shape index (κ1) is 16.2. The van der Waals surface area contributed by atoms with Gasteiger partial charge in [-0.1, -0.05) is 49.4 Å². The van der Waals surface area contributed by atoms with E-state index in [1.54, 1.807) is 0 Å². The van der Waals surface area contributed by atoms with Crippen LogP contribution in [0.15, 0.2) is 42.5 Å². The number of rotatable bonds is 7. The number of nitrogens with zero attached hydrogens (tertiary/aromatic N) is 1. The molecule has 0 bridgehead atoms. The molecule has 2 rings (SSSR count). The lowest BCUT2D eigenvalue weighted by atomic mass is 10.0. The monoisotopic (exact) mass is 288 g/mol. The maximum Gasteiger partial charge on any atom is 0.0672 e. The molecule has 2 unspecified atom stereocenters. The Labute approximate surface area is 129 Å². The lowest BCUT2D eigenvalue weighted by molar-refractivity contribution is 0.0720. The summed E-state index contributed by atoms with van der Waals surface area (Å²) >= 11 is 0. The second kappa shape index (κ2) is 8.32. The van der Waals surface area contributed by atoms with Crippen molar-refractivity contribution in [3.63, 3.8) is 0 Å². The molecule has 1 saturated heterocycles. The van der Waals surface area contributed by atoms with E-state index in [-0.39, 0.29) is 0 Å². The number of piperazine rings is 1. The molecule has 3 heteroatoms. The molecule has 1 aliphatic rings. The minimum atomic E-state index is 0.426. The normalized spacial score (nSPS) is 23.1. The van der Waals surface area contributed by atoms with Gasteiger partial charge >= 0.3 is 0 Å². The average Bonchev–Trinajstić information content (AvgIpc) is 2.52. The quantitative estimate of drug-likeness (QED) is 0.616. The highest BCUT2D eigenvalue weighted by Gasteiger charge is 2.27. The van der Waals surface area contributed by atoms with E-state index >= 15 is 0 Å². The van der Waals surface area contributed by atoms with E-state index in [2.05, 4.69) is 54.1 Å². The summed E-state index contributed by atoms with van der Waals surface area (Å²) in [4.78, 5) is 2.56.